The van der Waals surface area contributed by atoms with Crippen molar-refractivity contribution in [3.8, 4) is 0 Å². The van der Waals surface area contributed by atoms with Crippen molar-refractivity contribution >= 4 is 19.7 Å². The molecule has 3 N–H and O–H groups in total. The molecule has 0 spiro atoms. The van der Waals surface area contributed by atoms with Crippen LogP contribution in [0.5, 0.6) is 0 Å². The van der Waals surface area contributed by atoms with Gasteiger partial charge in [-0.25, -0.2) is 0 Å². The van der Waals surface area contributed by atoms with Crippen molar-refractivity contribution in [1.82, 2.24) is 0 Å². The predicted octanol–water partition coefficient (Wildman–Crippen LogP) is 1.26. The molecule has 0 unspecified atom stereocenters. The second kappa shape index (κ2) is 6.21. The minimum Gasteiger partial charge on any atom is -0.193 e. The highest BCUT2D eigenvalue weighted by molar-refractivity contribution is 7.99. The van der Waals surface area contributed by atoms with Crippen LogP contribution in [0.3, 0.4) is 0 Å². The van der Waals surface area contributed by atoms with Crippen LogP contribution in [0.15, 0.2) is 0 Å². The zero-order valence-electron chi connectivity index (χ0n) is 6.73. The van der Waals surface area contributed by atoms with Gasteiger partial charge in [0.15, 0.2) is 0 Å². The summed E-state index contributed by atoms with van der Waals surface area (Å²) in [7, 11) is -3.48. The Morgan fingerprint density at radius 3 is 2.27 bits per heavy atom. The van der Waals surface area contributed by atoms with Gasteiger partial charge >= 0.3 is 7.94 Å². The molecular weight excluding hydrogens is 183 g/mol. The molecule has 0 aromatic carbocycles. The van der Waals surface area contributed by atoms with Crippen molar-refractivity contribution in [2.75, 3.05) is 17.7 Å². The fourth-order valence-corrected chi connectivity index (χ4v) is 2.26. The Labute approximate surface area is 72.4 Å². The lowest BCUT2D eigenvalue weighted by Gasteiger charge is -2.02. The Morgan fingerprint density at radius 2 is 1.82 bits per heavy atom. The Bertz CT molecular complexity index is 94.3. The molecule has 0 atom stereocenters. The lowest BCUT2D eigenvalue weighted by molar-refractivity contribution is 0.330. The zero-order chi connectivity index (χ0) is 8.74. The van der Waals surface area contributed by atoms with Gasteiger partial charge < -0.3 is 0 Å². The van der Waals surface area contributed by atoms with Gasteiger partial charge in [-0.2, -0.15) is 26.4 Å². The molecule has 0 radical (unpaired) electrons. The monoisotopic (exact) mass is 199 g/mol. The van der Waals surface area contributed by atoms with E-state index in [1.807, 2.05) is 0 Å². The van der Waals surface area contributed by atoms with Gasteiger partial charge in [-0.3, -0.25) is 0 Å². The first-order chi connectivity index (χ1) is 5.06. The summed E-state index contributed by atoms with van der Waals surface area (Å²) in [5, 5.41) is 0. The normalized spacial score (nSPS) is 12.0. The quantitative estimate of drug-likeness (QED) is 0.445. The SMILES string of the molecule is CCCSCCC[P+](O)(O)O. The average Bonchev–Trinajstić information content (AvgIpc) is 1.85. The Kier molecular flexibility index (Phi) is 6.58. The highest BCUT2D eigenvalue weighted by atomic mass is 32.2. The largest absolute Gasteiger partial charge is 0.403 e. The number of rotatable bonds is 6. The fourth-order valence-electron chi connectivity index (χ4n) is 0.625. The van der Waals surface area contributed by atoms with E-state index >= 15 is 0 Å². The van der Waals surface area contributed by atoms with Gasteiger partial charge in [0.25, 0.3) is 0 Å². The van der Waals surface area contributed by atoms with Gasteiger partial charge in [0.2, 0.25) is 0 Å². The van der Waals surface area contributed by atoms with Crippen LogP contribution >= 0.6 is 19.7 Å². The molecule has 0 fully saturated rings. The minimum absolute atomic E-state index is 0.143. The lowest BCUT2D eigenvalue weighted by Crippen LogP contribution is -1.96. The van der Waals surface area contributed by atoms with E-state index in [9.17, 15) is 0 Å². The Morgan fingerprint density at radius 1 is 1.18 bits per heavy atom. The van der Waals surface area contributed by atoms with E-state index in [1.165, 1.54) is 0 Å². The molecule has 0 aliphatic carbocycles. The topological polar surface area (TPSA) is 60.7 Å². The number of thioether (sulfide) groups is 1. The third-order valence-corrected chi connectivity index (χ3v) is 3.29. The minimum atomic E-state index is -3.48. The van der Waals surface area contributed by atoms with Crippen LogP contribution in [-0.4, -0.2) is 32.3 Å². The first-order valence-corrected chi connectivity index (χ1v) is 6.69. The molecule has 0 amide bonds. The van der Waals surface area contributed by atoms with Crippen molar-refractivity contribution < 1.29 is 14.7 Å². The van der Waals surface area contributed by atoms with E-state index in [0.29, 0.717) is 6.42 Å². The molecule has 3 nitrogen and oxygen atoms in total. The maximum absolute atomic E-state index is 8.59. The summed E-state index contributed by atoms with van der Waals surface area (Å²) in [5.41, 5.74) is 0. The van der Waals surface area contributed by atoms with E-state index in [2.05, 4.69) is 6.92 Å². The van der Waals surface area contributed by atoms with Gasteiger partial charge in [-0.05, 0) is 24.3 Å². The molecule has 0 aliphatic rings. The molecular formula is C6H16O3PS+. The van der Waals surface area contributed by atoms with E-state index in [1.54, 1.807) is 11.8 Å². The van der Waals surface area contributed by atoms with Gasteiger partial charge in [0, 0.05) is 0 Å². The zero-order valence-corrected chi connectivity index (χ0v) is 8.44. The van der Waals surface area contributed by atoms with Crippen molar-refractivity contribution in [3.63, 3.8) is 0 Å². The Balaban J connectivity index is 3.02. The van der Waals surface area contributed by atoms with Crippen LogP contribution in [0.2, 0.25) is 0 Å². The van der Waals surface area contributed by atoms with Crippen LogP contribution in [0.4, 0.5) is 0 Å². The van der Waals surface area contributed by atoms with Crippen LogP contribution in [0, 0.1) is 0 Å². The fraction of sp³-hybridized carbons (Fsp3) is 1.00. The third kappa shape index (κ3) is 10.7. The molecule has 0 saturated heterocycles. The summed E-state index contributed by atoms with van der Waals surface area (Å²) >= 11 is 1.78. The van der Waals surface area contributed by atoms with Crippen LogP contribution in [0.25, 0.3) is 0 Å². The lowest BCUT2D eigenvalue weighted by atomic mass is 10.6. The molecule has 0 rings (SSSR count). The first-order valence-electron chi connectivity index (χ1n) is 3.70. The van der Waals surface area contributed by atoms with Crippen molar-refractivity contribution in [3.05, 3.63) is 0 Å². The molecule has 5 heteroatoms. The van der Waals surface area contributed by atoms with Crippen molar-refractivity contribution in [2.24, 2.45) is 0 Å². The maximum Gasteiger partial charge on any atom is 0.403 e. The first kappa shape index (κ1) is 11.7. The average molecular weight is 199 g/mol. The maximum atomic E-state index is 8.59. The molecule has 11 heavy (non-hydrogen) atoms. The highest BCUT2D eigenvalue weighted by Gasteiger charge is 2.27. The van der Waals surface area contributed by atoms with Gasteiger partial charge in [0.1, 0.15) is 6.16 Å². The third-order valence-electron chi connectivity index (χ3n) is 1.10. The standard InChI is InChI=1S/C6H16O3PS/c1-2-5-11-6-3-4-10(7,8)9/h7-9H,2-6H2,1H3/q+1. The van der Waals surface area contributed by atoms with Gasteiger partial charge in [0.05, 0.1) is 0 Å². The molecule has 0 heterocycles. The van der Waals surface area contributed by atoms with Crippen LogP contribution < -0.4 is 0 Å². The second-order valence-electron chi connectivity index (χ2n) is 2.38. The second-order valence-corrected chi connectivity index (χ2v) is 5.44. The van der Waals surface area contributed by atoms with Gasteiger partial charge in [-0.15, -0.1) is 0 Å². The van der Waals surface area contributed by atoms with E-state index in [0.717, 1.165) is 17.9 Å². The number of hydrogen-bond acceptors (Lipinski definition) is 4. The summed E-state index contributed by atoms with van der Waals surface area (Å²) in [4.78, 5) is 25.8. The molecule has 0 bridgehead atoms. The van der Waals surface area contributed by atoms with Crippen LogP contribution in [-0.2, 0) is 0 Å². The summed E-state index contributed by atoms with van der Waals surface area (Å²) in [5.74, 6) is 2.00. The van der Waals surface area contributed by atoms with E-state index in [4.69, 9.17) is 14.7 Å². The summed E-state index contributed by atoms with van der Waals surface area (Å²) in [6, 6.07) is 0. The van der Waals surface area contributed by atoms with Gasteiger partial charge in [-0.1, -0.05) is 6.92 Å². The summed E-state index contributed by atoms with van der Waals surface area (Å²) in [6.07, 6.45) is 1.97. The van der Waals surface area contributed by atoms with Crippen molar-refractivity contribution in [1.29, 1.82) is 0 Å². The summed E-state index contributed by atoms with van der Waals surface area (Å²) in [6.45, 7) is 2.11. The highest BCUT2D eigenvalue weighted by Crippen LogP contribution is 2.44. The smallest absolute Gasteiger partial charge is 0.193 e. The molecule has 68 valence electrons. The van der Waals surface area contributed by atoms with E-state index < -0.39 is 7.94 Å². The molecule has 0 aromatic heterocycles. The van der Waals surface area contributed by atoms with E-state index in [-0.39, 0.29) is 6.16 Å². The van der Waals surface area contributed by atoms with Crippen LogP contribution in [0.1, 0.15) is 19.8 Å². The summed E-state index contributed by atoms with van der Waals surface area (Å²) < 4.78 is 0. The molecule has 0 aromatic rings. The Hall–Kier alpha value is 0.660. The predicted molar refractivity (Wildman–Crippen MR) is 50.7 cm³/mol. The molecule has 0 aliphatic heterocycles. The van der Waals surface area contributed by atoms with Crippen molar-refractivity contribution in [2.45, 2.75) is 19.8 Å². The molecule has 0 saturated carbocycles. The number of hydrogen-bond donors (Lipinski definition) is 3.